The van der Waals surface area contributed by atoms with E-state index in [0.29, 0.717) is 15.1 Å². The highest BCUT2D eigenvalue weighted by molar-refractivity contribution is 7.18. The molecule has 3 rings (SSSR count). The third-order valence-electron chi connectivity index (χ3n) is 3.25. The summed E-state index contributed by atoms with van der Waals surface area (Å²) < 4.78 is 11.0. The molecule has 0 aliphatic heterocycles. The minimum absolute atomic E-state index is 0.0198. The highest BCUT2D eigenvalue weighted by atomic mass is 35.5. The summed E-state index contributed by atoms with van der Waals surface area (Å²) in [4.78, 5) is 24.2. The molecule has 0 unspecified atom stereocenters. The van der Waals surface area contributed by atoms with E-state index in [1.54, 1.807) is 12.1 Å². The van der Waals surface area contributed by atoms with Gasteiger partial charge >= 0.3 is 5.97 Å². The van der Waals surface area contributed by atoms with E-state index in [4.69, 9.17) is 20.8 Å². The van der Waals surface area contributed by atoms with Crippen molar-refractivity contribution in [1.29, 1.82) is 0 Å². The molecule has 0 bridgehead atoms. The Morgan fingerprint density at radius 3 is 2.60 bits per heavy atom. The van der Waals surface area contributed by atoms with E-state index in [1.165, 1.54) is 11.3 Å². The van der Waals surface area contributed by atoms with E-state index < -0.39 is 5.97 Å². The second kappa shape index (κ2) is 8.04. The number of thiophene rings is 1. The van der Waals surface area contributed by atoms with Crippen molar-refractivity contribution in [2.45, 2.75) is 19.4 Å². The fourth-order valence-corrected chi connectivity index (χ4v) is 3.04. The number of carbonyl (C=O) groups excluding carboxylic acids is 2. The van der Waals surface area contributed by atoms with E-state index >= 15 is 0 Å². The summed E-state index contributed by atoms with van der Waals surface area (Å²) >= 11 is 6.97. The predicted molar refractivity (Wildman–Crippen MR) is 92.4 cm³/mol. The number of aromatic nitrogens is 2. The van der Waals surface area contributed by atoms with Crippen LogP contribution in [0.15, 0.2) is 46.9 Å². The highest BCUT2D eigenvalue weighted by Gasteiger charge is 2.14. The number of ketones is 1. The lowest BCUT2D eigenvalue weighted by molar-refractivity contribution is -0.145. The molecule has 2 aromatic heterocycles. The molecule has 0 atom stereocenters. The van der Waals surface area contributed by atoms with E-state index in [2.05, 4.69) is 10.2 Å². The quantitative estimate of drug-likeness (QED) is 0.455. The zero-order chi connectivity index (χ0) is 17.6. The molecule has 128 valence electrons. The first kappa shape index (κ1) is 17.3. The average molecular weight is 377 g/mol. The molecule has 3 aromatic rings. The summed E-state index contributed by atoms with van der Waals surface area (Å²) in [6.45, 7) is -0.127. The summed E-state index contributed by atoms with van der Waals surface area (Å²) in [5.41, 5.74) is 0.785. The smallest absolute Gasteiger partial charge is 0.306 e. The molecule has 8 heteroatoms. The van der Waals surface area contributed by atoms with Gasteiger partial charge < -0.3 is 9.15 Å². The number of hydrogen-bond donors (Lipinski definition) is 0. The summed E-state index contributed by atoms with van der Waals surface area (Å²) in [5.74, 6) is -0.0894. The van der Waals surface area contributed by atoms with Crippen molar-refractivity contribution in [3.05, 3.63) is 57.6 Å². The summed E-state index contributed by atoms with van der Waals surface area (Å²) in [7, 11) is 0. The number of hydrogen-bond acceptors (Lipinski definition) is 7. The van der Waals surface area contributed by atoms with Crippen LogP contribution in [0.5, 0.6) is 0 Å². The van der Waals surface area contributed by atoms with Crippen LogP contribution in [0.1, 0.15) is 28.4 Å². The molecular weight excluding hydrogens is 364 g/mol. The van der Waals surface area contributed by atoms with E-state index in [-0.39, 0.29) is 31.1 Å². The van der Waals surface area contributed by atoms with Gasteiger partial charge in [-0.2, -0.15) is 0 Å². The van der Waals surface area contributed by atoms with Crippen LogP contribution >= 0.6 is 22.9 Å². The van der Waals surface area contributed by atoms with Gasteiger partial charge in [0, 0.05) is 12.0 Å². The maximum atomic E-state index is 11.9. The Hall–Kier alpha value is -2.51. The Morgan fingerprint density at radius 2 is 1.88 bits per heavy atom. The summed E-state index contributed by atoms with van der Waals surface area (Å²) in [5, 5.41) is 7.74. The molecule has 1 aromatic carbocycles. The Labute approximate surface area is 152 Å². The third kappa shape index (κ3) is 4.74. The number of ether oxygens (including phenoxy) is 1. The number of rotatable bonds is 7. The maximum absolute atomic E-state index is 11.9. The number of benzene rings is 1. The standard InChI is InChI=1S/C17H13ClN2O4S/c18-14-8-7-13(25-14)12(21)6-9-16(22)23-10-15-19-20-17(24-15)11-4-2-1-3-5-11/h1-5,7-8H,6,9-10H2. The molecule has 6 nitrogen and oxygen atoms in total. The molecule has 25 heavy (non-hydrogen) atoms. The van der Waals surface area contributed by atoms with Crippen LogP contribution in [-0.4, -0.2) is 21.9 Å². The molecule has 0 saturated carbocycles. The predicted octanol–water partition coefficient (Wildman–Crippen LogP) is 4.16. The lowest BCUT2D eigenvalue weighted by atomic mass is 10.2. The fraction of sp³-hybridized carbons (Fsp3) is 0.176. The molecule has 0 fully saturated rings. The zero-order valence-corrected chi connectivity index (χ0v) is 14.5. The lowest BCUT2D eigenvalue weighted by Gasteiger charge is -2.01. The van der Waals surface area contributed by atoms with E-state index in [1.807, 2.05) is 30.3 Å². The van der Waals surface area contributed by atoms with E-state index in [9.17, 15) is 9.59 Å². The SMILES string of the molecule is O=C(CCC(=O)c1ccc(Cl)s1)OCc1nnc(-c2ccccc2)o1. The van der Waals surface area contributed by atoms with Gasteiger partial charge in [0.25, 0.3) is 5.89 Å². The number of nitrogens with zero attached hydrogens (tertiary/aromatic N) is 2. The first-order valence-corrected chi connectivity index (χ1v) is 8.63. The van der Waals surface area contributed by atoms with Crippen molar-refractivity contribution in [3.8, 4) is 11.5 Å². The largest absolute Gasteiger partial charge is 0.456 e. The molecular formula is C17H13ClN2O4S. The van der Waals surface area contributed by atoms with E-state index in [0.717, 1.165) is 5.56 Å². The second-order valence-corrected chi connectivity index (χ2v) is 6.77. The average Bonchev–Trinajstić information content (AvgIpc) is 3.28. The van der Waals surface area contributed by atoms with Crippen LogP contribution in [-0.2, 0) is 16.1 Å². The van der Waals surface area contributed by atoms with Crippen molar-refractivity contribution < 1.29 is 18.7 Å². The normalized spacial score (nSPS) is 10.6. The van der Waals surface area contributed by atoms with Gasteiger partial charge in [0.05, 0.1) is 15.6 Å². The van der Waals surface area contributed by atoms with Crippen molar-refractivity contribution >= 4 is 34.7 Å². The first-order valence-electron chi connectivity index (χ1n) is 7.44. The van der Waals surface area contributed by atoms with Gasteiger partial charge in [-0.15, -0.1) is 21.5 Å². The number of carbonyl (C=O) groups is 2. The van der Waals surface area contributed by atoms with Gasteiger partial charge in [-0.3, -0.25) is 9.59 Å². The Morgan fingerprint density at radius 1 is 1.08 bits per heavy atom. The molecule has 0 radical (unpaired) electrons. The summed E-state index contributed by atoms with van der Waals surface area (Å²) in [6, 6.07) is 12.6. The van der Waals surface area contributed by atoms with Gasteiger partial charge in [-0.1, -0.05) is 29.8 Å². The van der Waals surface area contributed by atoms with Crippen LogP contribution in [0.3, 0.4) is 0 Å². The monoisotopic (exact) mass is 376 g/mol. The fourth-order valence-electron chi connectivity index (χ4n) is 2.03. The van der Waals surface area contributed by atoms with Crippen molar-refractivity contribution in [1.82, 2.24) is 10.2 Å². The molecule has 0 spiro atoms. The first-order chi connectivity index (χ1) is 12.1. The Balaban J connectivity index is 1.46. The Kier molecular flexibility index (Phi) is 5.57. The highest BCUT2D eigenvalue weighted by Crippen LogP contribution is 2.23. The topological polar surface area (TPSA) is 82.3 Å². The zero-order valence-electron chi connectivity index (χ0n) is 13.0. The van der Waals surface area contributed by atoms with Gasteiger partial charge in [0.2, 0.25) is 5.89 Å². The van der Waals surface area contributed by atoms with Crippen LogP contribution in [0.4, 0.5) is 0 Å². The molecule has 0 aliphatic carbocycles. The molecule has 2 heterocycles. The number of Topliss-reactive ketones (excluding diaryl/α,β-unsaturated/α-hetero) is 1. The second-order valence-electron chi connectivity index (χ2n) is 5.05. The number of halogens is 1. The van der Waals surface area contributed by atoms with Gasteiger partial charge in [-0.05, 0) is 24.3 Å². The van der Waals surface area contributed by atoms with Gasteiger partial charge in [-0.25, -0.2) is 0 Å². The summed E-state index contributed by atoms with van der Waals surface area (Å²) in [6.07, 6.45) is 0.0445. The third-order valence-corrected chi connectivity index (χ3v) is 4.52. The van der Waals surface area contributed by atoms with Crippen LogP contribution < -0.4 is 0 Å². The van der Waals surface area contributed by atoms with Gasteiger partial charge in [0.1, 0.15) is 0 Å². The molecule has 0 saturated heterocycles. The molecule has 0 N–H and O–H groups in total. The maximum Gasteiger partial charge on any atom is 0.306 e. The van der Waals surface area contributed by atoms with Crippen molar-refractivity contribution in [2.75, 3.05) is 0 Å². The van der Waals surface area contributed by atoms with Crippen LogP contribution in [0.25, 0.3) is 11.5 Å². The number of esters is 1. The lowest BCUT2D eigenvalue weighted by Crippen LogP contribution is -2.07. The Bertz CT molecular complexity index is 876. The van der Waals surface area contributed by atoms with Crippen LogP contribution in [0.2, 0.25) is 4.34 Å². The minimum atomic E-state index is -0.504. The van der Waals surface area contributed by atoms with Crippen molar-refractivity contribution in [3.63, 3.8) is 0 Å². The van der Waals surface area contributed by atoms with Crippen LogP contribution in [0, 0.1) is 0 Å². The molecule has 0 amide bonds. The minimum Gasteiger partial charge on any atom is -0.456 e. The van der Waals surface area contributed by atoms with Crippen molar-refractivity contribution in [2.24, 2.45) is 0 Å². The molecule has 0 aliphatic rings. The van der Waals surface area contributed by atoms with Gasteiger partial charge in [0.15, 0.2) is 12.4 Å².